The number of aliphatic hydroxyl groups excluding tert-OH is 2. The topological polar surface area (TPSA) is 122 Å². The molecule has 2 atom stereocenters. The summed E-state index contributed by atoms with van der Waals surface area (Å²) < 4.78 is 5.70. The smallest absolute Gasteiger partial charge is 0.137 e. The minimum Gasteiger partial charge on any atom is -0.488 e. The van der Waals surface area contributed by atoms with E-state index in [0.29, 0.717) is 16.9 Å². The molecule has 2 aromatic carbocycles. The van der Waals surface area contributed by atoms with Crippen molar-refractivity contribution < 1.29 is 14.9 Å². The number of nitriles is 1. The molecule has 0 spiro atoms. The van der Waals surface area contributed by atoms with Gasteiger partial charge in [0.25, 0.3) is 0 Å². The van der Waals surface area contributed by atoms with Crippen LogP contribution in [0, 0.1) is 11.3 Å². The second kappa shape index (κ2) is 9.30. The molecule has 0 amide bonds. The minimum absolute atomic E-state index is 0.0857. The van der Waals surface area contributed by atoms with Crippen LogP contribution in [-0.2, 0) is 6.61 Å². The molecule has 25 heavy (non-hydrogen) atoms. The molecule has 0 heterocycles. The first-order chi connectivity index (χ1) is 12.2. The Morgan fingerprint density at radius 3 is 2.64 bits per heavy atom. The largest absolute Gasteiger partial charge is 0.488 e. The highest BCUT2D eigenvalue weighted by Gasteiger charge is 2.19. The maximum Gasteiger partial charge on any atom is 0.137 e. The van der Waals surface area contributed by atoms with Gasteiger partial charge in [-0.25, -0.2) is 0 Å². The first-order valence-corrected chi connectivity index (χ1v) is 7.73. The number of ether oxygens (including phenoxy) is 1. The van der Waals surface area contributed by atoms with E-state index in [1.807, 2.05) is 36.4 Å². The molecular weight excluding hydrogens is 320 g/mol. The second-order valence-electron chi connectivity index (χ2n) is 5.40. The van der Waals surface area contributed by atoms with E-state index in [0.717, 1.165) is 5.56 Å². The van der Waals surface area contributed by atoms with Gasteiger partial charge in [0, 0.05) is 11.5 Å². The number of hydrogen-bond acceptors (Lipinski definition) is 5. The van der Waals surface area contributed by atoms with Crippen LogP contribution in [0.1, 0.15) is 29.2 Å². The molecule has 0 saturated heterocycles. The highest BCUT2D eigenvalue weighted by atomic mass is 16.5. The van der Waals surface area contributed by atoms with Gasteiger partial charge >= 0.3 is 0 Å². The normalized spacial score (nSPS) is 12.5. The Morgan fingerprint density at radius 1 is 1.20 bits per heavy atom. The number of hydrogen-bond donors (Lipinski definition) is 2. The van der Waals surface area contributed by atoms with Gasteiger partial charge in [-0.15, -0.1) is 0 Å². The second-order valence-corrected chi connectivity index (χ2v) is 5.40. The summed E-state index contributed by atoms with van der Waals surface area (Å²) in [6, 6.07) is 16.2. The summed E-state index contributed by atoms with van der Waals surface area (Å²) >= 11 is 0. The third kappa shape index (κ3) is 5.23. The lowest BCUT2D eigenvalue weighted by atomic mass is 10.0. The van der Waals surface area contributed by atoms with E-state index in [9.17, 15) is 15.5 Å². The molecule has 7 nitrogen and oxygen atoms in total. The lowest BCUT2D eigenvalue weighted by molar-refractivity contribution is 0.0149. The number of rotatable bonds is 8. The summed E-state index contributed by atoms with van der Waals surface area (Å²) in [7, 11) is 0. The van der Waals surface area contributed by atoms with E-state index in [1.165, 1.54) is 0 Å². The molecule has 0 aliphatic heterocycles. The van der Waals surface area contributed by atoms with Crippen LogP contribution in [0.2, 0.25) is 0 Å². The molecule has 7 heteroatoms. The van der Waals surface area contributed by atoms with Crippen molar-refractivity contribution in [2.24, 2.45) is 5.11 Å². The van der Waals surface area contributed by atoms with Gasteiger partial charge in [0.15, 0.2) is 0 Å². The Kier molecular flexibility index (Phi) is 6.81. The monoisotopic (exact) mass is 338 g/mol. The van der Waals surface area contributed by atoms with Gasteiger partial charge in [-0.1, -0.05) is 41.5 Å². The number of nitrogens with zero attached hydrogens (tertiary/aromatic N) is 4. The first-order valence-electron chi connectivity index (χ1n) is 7.73. The van der Waals surface area contributed by atoms with E-state index < -0.39 is 12.2 Å². The zero-order chi connectivity index (χ0) is 18.1. The molecular formula is C18H18N4O3. The van der Waals surface area contributed by atoms with Crippen LogP contribution in [0.3, 0.4) is 0 Å². The standard InChI is InChI=1S/C18H18N4O3/c19-11-15-7-6-14(18(24)16(23)8-9-21-22-20)10-17(15)25-12-13-4-2-1-3-5-13/h1-7,10,16,18,23-24H,8-9,12H2. The number of azide groups is 1. The average Bonchev–Trinajstić information content (AvgIpc) is 2.66. The molecule has 0 aliphatic carbocycles. The van der Waals surface area contributed by atoms with Crippen molar-refractivity contribution in [3.8, 4) is 11.8 Å². The highest BCUT2D eigenvalue weighted by molar-refractivity contribution is 5.46. The molecule has 0 bridgehead atoms. The Hall–Kier alpha value is -3.04. The summed E-state index contributed by atoms with van der Waals surface area (Å²) in [5, 5.41) is 32.8. The van der Waals surface area contributed by atoms with Gasteiger partial charge in [-0.2, -0.15) is 5.26 Å². The van der Waals surface area contributed by atoms with E-state index in [1.54, 1.807) is 18.2 Å². The van der Waals surface area contributed by atoms with Crippen LogP contribution in [0.25, 0.3) is 10.4 Å². The van der Waals surface area contributed by atoms with E-state index >= 15 is 0 Å². The summed E-state index contributed by atoms with van der Waals surface area (Å²) in [5.74, 6) is 0.338. The first kappa shape index (κ1) is 18.3. The molecule has 0 aliphatic rings. The molecule has 0 radical (unpaired) electrons. The van der Waals surface area contributed by atoms with Crippen LogP contribution in [0.4, 0.5) is 0 Å². The van der Waals surface area contributed by atoms with Crippen LogP contribution < -0.4 is 4.74 Å². The lowest BCUT2D eigenvalue weighted by Crippen LogP contribution is -2.19. The summed E-state index contributed by atoms with van der Waals surface area (Å²) in [6.45, 7) is 0.372. The maximum atomic E-state index is 10.2. The SMILES string of the molecule is N#Cc1ccc(C(O)C(O)CCN=[N+]=[N-])cc1OCc1ccccc1. The van der Waals surface area contributed by atoms with Gasteiger partial charge in [-0.3, -0.25) is 0 Å². The fraction of sp³-hybridized carbons (Fsp3) is 0.278. The molecule has 0 aromatic heterocycles. The van der Waals surface area contributed by atoms with Crippen molar-refractivity contribution in [2.45, 2.75) is 25.2 Å². The zero-order valence-electron chi connectivity index (χ0n) is 13.5. The Bertz CT molecular complexity index is 783. The van der Waals surface area contributed by atoms with Crippen LogP contribution in [-0.4, -0.2) is 22.9 Å². The summed E-state index contributed by atoms with van der Waals surface area (Å²) in [5.41, 5.74) is 9.97. The molecule has 0 saturated carbocycles. The van der Waals surface area contributed by atoms with Gasteiger partial charge < -0.3 is 14.9 Å². The quantitative estimate of drug-likeness (QED) is 0.436. The van der Waals surface area contributed by atoms with E-state index in [2.05, 4.69) is 10.0 Å². The third-order valence-electron chi connectivity index (χ3n) is 3.66. The Balaban J connectivity index is 2.12. The average molecular weight is 338 g/mol. The predicted octanol–water partition coefficient (Wildman–Crippen LogP) is 3.23. The number of aliphatic hydroxyl groups is 2. The van der Waals surface area contributed by atoms with Crippen LogP contribution in [0.15, 0.2) is 53.6 Å². The fourth-order valence-electron chi connectivity index (χ4n) is 2.28. The number of benzene rings is 2. The molecule has 2 N–H and O–H groups in total. The molecule has 2 aromatic rings. The van der Waals surface area contributed by atoms with E-state index in [-0.39, 0.29) is 19.6 Å². The molecule has 2 unspecified atom stereocenters. The Labute approximate surface area is 145 Å². The van der Waals surface area contributed by atoms with Crippen molar-refractivity contribution in [1.82, 2.24) is 0 Å². The zero-order valence-corrected chi connectivity index (χ0v) is 13.5. The summed E-state index contributed by atoms with van der Waals surface area (Å²) in [6.07, 6.45) is -2.12. The van der Waals surface area contributed by atoms with Crippen LogP contribution >= 0.6 is 0 Å². The van der Waals surface area contributed by atoms with Crippen molar-refractivity contribution in [3.05, 3.63) is 75.7 Å². The minimum atomic E-state index is -1.17. The third-order valence-corrected chi connectivity index (χ3v) is 3.66. The van der Waals surface area contributed by atoms with Gasteiger partial charge in [-0.05, 0) is 35.2 Å². The van der Waals surface area contributed by atoms with Crippen molar-refractivity contribution >= 4 is 0 Å². The Morgan fingerprint density at radius 2 is 1.96 bits per heavy atom. The molecule has 128 valence electrons. The van der Waals surface area contributed by atoms with Crippen molar-refractivity contribution in [3.63, 3.8) is 0 Å². The lowest BCUT2D eigenvalue weighted by Gasteiger charge is -2.18. The highest BCUT2D eigenvalue weighted by Crippen LogP contribution is 2.27. The van der Waals surface area contributed by atoms with Crippen molar-refractivity contribution in [1.29, 1.82) is 5.26 Å². The van der Waals surface area contributed by atoms with E-state index in [4.69, 9.17) is 10.3 Å². The molecule has 2 rings (SSSR count). The van der Waals surface area contributed by atoms with Gasteiger partial charge in [0.1, 0.15) is 24.5 Å². The summed E-state index contributed by atoms with van der Waals surface area (Å²) in [4.78, 5) is 2.61. The maximum absolute atomic E-state index is 10.2. The van der Waals surface area contributed by atoms with Gasteiger partial charge in [0.2, 0.25) is 0 Å². The van der Waals surface area contributed by atoms with Crippen LogP contribution in [0.5, 0.6) is 5.75 Å². The van der Waals surface area contributed by atoms with Crippen molar-refractivity contribution in [2.75, 3.05) is 6.54 Å². The van der Waals surface area contributed by atoms with Gasteiger partial charge in [0.05, 0.1) is 11.7 Å². The molecule has 0 fully saturated rings. The predicted molar refractivity (Wildman–Crippen MR) is 91.5 cm³/mol. The fourth-order valence-corrected chi connectivity index (χ4v) is 2.28.